The van der Waals surface area contributed by atoms with Crippen molar-refractivity contribution in [2.24, 2.45) is 33.2 Å². The molecule has 5 aromatic carbocycles. The van der Waals surface area contributed by atoms with Crippen molar-refractivity contribution in [3.8, 4) is 12.1 Å². The molecule has 0 aliphatic heterocycles. The first-order valence-corrected chi connectivity index (χ1v) is 41.8. The Hall–Kier alpha value is -4.20. The van der Waals surface area contributed by atoms with E-state index in [-0.39, 0.29) is 108 Å². The van der Waals surface area contributed by atoms with Gasteiger partial charge in [0.1, 0.15) is 25.0 Å². The van der Waals surface area contributed by atoms with E-state index in [1.54, 1.807) is 114 Å². The van der Waals surface area contributed by atoms with Crippen LogP contribution in [-0.4, -0.2) is 110 Å². The van der Waals surface area contributed by atoms with Crippen molar-refractivity contribution >= 4 is 110 Å². The summed E-state index contributed by atoms with van der Waals surface area (Å²) in [6.07, 6.45) is 12.4. The molecule has 104 heavy (non-hydrogen) atoms. The first-order chi connectivity index (χ1) is 46.6. The third-order valence-electron chi connectivity index (χ3n) is 14.6. The summed E-state index contributed by atoms with van der Waals surface area (Å²) in [5.41, 5.74) is 11.9. The van der Waals surface area contributed by atoms with Gasteiger partial charge in [0.2, 0.25) is 0 Å². The number of nitrogens with two attached hydrogens (primary N) is 2. The van der Waals surface area contributed by atoms with Crippen LogP contribution in [0.2, 0.25) is 19.6 Å². The fourth-order valence-corrected chi connectivity index (χ4v) is 10.5. The molecule has 24 heteroatoms. The van der Waals surface area contributed by atoms with Crippen LogP contribution in [0, 0.1) is 77.5 Å². The second-order valence-corrected chi connectivity index (χ2v) is 41.3. The van der Waals surface area contributed by atoms with Crippen molar-refractivity contribution in [1.82, 2.24) is 4.72 Å². The zero-order valence-corrected chi connectivity index (χ0v) is 74.2. The summed E-state index contributed by atoms with van der Waals surface area (Å²) in [7, 11) is -3.32. The molecule has 2 unspecified atom stereocenters. The summed E-state index contributed by atoms with van der Waals surface area (Å²) in [5.74, 6) is 2.44. The number of aliphatic hydroxyl groups is 3. The van der Waals surface area contributed by atoms with Gasteiger partial charge in [-0.25, -0.2) is 31.0 Å². The van der Waals surface area contributed by atoms with Crippen molar-refractivity contribution in [2.45, 2.75) is 252 Å². The van der Waals surface area contributed by atoms with Crippen molar-refractivity contribution in [3.05, 3.63) is 179 Å². The molecule has 0 heterocycles. The van der Waals surface area contributed by atoms with E-state index in [0.29, 0.717) is 47.2 Å². The quantitative estimate of drug-likeness (QED) is 0.0158. The van der Waals surface area contributed by atoms with Crippen molar-refractivity contribution in [1.29, 1.82) is 10.5 Å². The van der Waals surface area contributed by atoms with Gasteiger partial charge in [-0.15, -0.1) is 23.0 Å². The number of halogens is 3. The van der Waals surface area contributed by atoms with Gasteiger partial charge in [0.05, 0.1) is 83.0 Å². The maximum atomic E-state index is 13.9. The van der Waals surface area contributed by atoms with Crippen LogP contribution >= 0.6 is 17.0 Å². The molecule has 0 bridgehead atoms. The van der Waals surface area contributed by atoms with Crippen LogP contribution in [0.4, 0.5) is 25.8 Å². The number of Topliss-reactive ketones (excluding diaryl/α,β-unsaturated/α-hetero) is 1. The van der Waals surface area contributed by atoms with E-state index in [9.17, 15) is 31.5 Å². The number of ketones is 1. The van der Waals surface area contributed by atoms with E-state index in [4.69, 9.17) is 38.0 Å². The normalized spacial score (nSPS) is 14.4. The molecule has 8 rings (SSSR count). The minimum atomic E-state index is -1.46. The third-order valence-corrected chi connectivity index (χ3v) is 21.1. The molecule has 3 fully saturated rings. The standard InChI is InChI=1S/C23H28FN3OS.C17H22N2OS.C13H13NO.C10H15FNSi.C4H11NOS.C4H9.3C3H8O.BrH.Mg.Ti.H/c1-22(2,3)29(28)27-23(13-12-16-4-5-16,18-8-6-17(15-25)7-9-18)19-10-11-20(24)21(26)14-19;1-17(2,3)21(20)19-16(11-8-13-4-5-13)15-9-6-14(12-18)7-10-15;1-14-12-7-5-11(6-8-12)13(15)9-4-10-2-3-10;1-12(13(2,3)4)10-8-6-5-7-9(10)11;1-4(2,3)7(5)6;1-4(2)3;3*1-3(2)4;;;;/h6-11,14,16,27H,4-5,12-13,26H2,1-3H3;6-7,9-10,13H,4-5,8,11H2,1-3H3;5-8,10H,2-4,9H2;5,7-8H,1-4H3;5H2,1-3H3;4H,1H2,2-3H3;3*3-4H,1-2H3;1H;;;/q;;;-1;;-1;;;;;+2;;-1/t23?,29-;;;;7-;;;;;;;;/m0...0......../s1. The number of nitrogen functional groups attached to an aromatic ring is 1. The van der Waals surface area contributed by atoms with E-state index in [1.165, 1.54) is 50.7 Å². The fraction of sp³-hybridized carbons (Fsp3) is 0.550. The van der Waals surface area contributed by atoms with Gasteiger partial charge in [0.15, 0.2) is 11.5 Å². The molecule has 0 amide bonds. The number of carbonyl (C=O) groups excluding carboxylic acids is 1. The number of hydrogen-bond acceptors (Lipinski definition) is 11. The molecule has 0 spiro atoms. The molecular formula is C80H124BrF2MgN8O7S3SiTi-. The summed E-state index contributed by atoms with van der Waals surface area (Å²) in [6.45, 7) is 48.5. The molecule has 3 aliphatic rings. The Balaban J connectivity index is -0.000000390. The topological polar surface area (TPSA) is 261 Å². The molecule has 8 N–H and O–H groups in total. The summed E-state index contributed by atoms with van der Waals surface area (Å²) >= 11 is 0. The smallest absolute Gasteiger partial charge is 1.00 e. The summed E-state index contributed by atoms with van der Waals surface area (Å²) in [4.78, 5) is 15.0. The average Bonchev–Trinajstić information content (AvgIpc) is 1.19. The van der Waals surface area contributed by atoms with Gasteiger partial charge in [0, 0.05) is 57.8 Å². The van der Waals surface area contributed by atoms with E-state index < -0.39 is 57.3 Å². The van der Waals surface area contributed by atoms with Crippen molar-refractivity contribution in [3.63, 3.8) is 0 Å². The summed E-state index contributed by atoms with van der Waals surface area (Å²) in [6, 6.07) is 38.2. The number of carbonyl (C=O) groups is 1. The van der Waals surface area contributed by atoms with Crippen LogP contribution < -0.4 is 20.2 Å². The molecule has 0 saturated heterocycles. The predicted octanol–water partition coefficient (Wildman–Crippen LogP) is 18.6. The molecule has 4 atom stereocenters. The van der Waals surface area contributed by atoms with Crippen LogP contribution in [0.25, 0.3) is 4.85 Å². The molecule has 0 aromatic heterocycles. The number of nitrogens with zero attached hydrogens (tertiary/aromatic N) is 5. The molecule has 576 valence electrons. The molecular weight excluding hydrogens is 1500 g/mol. The van der Waals surface area contributed by atoms with Crippen LogP contribution in [-0.2, 0) is 60.2 Å². The second kappa shape index (κ2) is 52.8. The maximum Gasteiger partial charge on any atom is 2.00 e. The summed E-state index contributed by atoms with van der Waals surface area (Å²) in [5, 5.41) is 47.3. The molecule has 0 radical (unpaired) electrons. The SMILES string of the molecule is Br.CC(C)(C)S(=O)N=C(CCC1CC1)c1ccc(C#N)cc1.CC(C)(C)[S@@](N)=O.CC(C)(C)[S@](=O)NC(CCC1CC1)(c1ccc(C#N)cc1)c1ccc(F)c(N)c1.CC(C)O.CC(C)O.CC(C)O.CN(c1c[c-]ccc1F)[Si](C)(C)C.[C-]#[N+]c1ccc(C(=O)CCC2CC2)cc1.[CH2-]C(C)C.[H-].[Mg+2].[Ti]. The van der Waals surface area contributed by atoms with Gasteiger partial charge >= 0.3 is 23.1 Å². The van der Waals surface area contributed by atoms with E-state index >= 15 is 0 Å². The Morgan fingerprint density at radius 1 is 0.702 bits per heavy atom. The van der Waals surface area contributed by atoms with Crippen molar-refractivity contribution < 1.29 is 64.7 Å². The Kier molecular flexibility index (Phi) is 53.9. The number of nitrogens with one attached hydrogen (secondary N) is 1. The largest absolute Gasteiger partial charge is 2.00 e. The van der Waals surface area contributed by atoms with Gasteiger partial charge in [-0.1, -0.05) is 127 Å². The fourth-order valence-electron chi connectivity index (χ4n) is 7.99. The number of nitriles is 2. The van der Waals surface area contributed by atoms with Gasteiger partial charge in [-0.3, -0.25) is 9.93 Å². The van der Waals surface area contributed by atoms with Gasteiger partial charge < -0.3 is 34.0 Å². The predicted molar refractivity (Wildman–Crippen MR) is 441 cm³/mol. The van der Waals surface area contributed by atoms with Crippen LogP contribution in [0.3, 0.4) is 0 Å². The maximum absolute atomic E-state index is 13.9. The molecule has 3 aliphatic carbocycles. The first-order valence-electron chi connectivity index (χ1n) is 34.8. The Morgan fingerprint density at radius 2 is 1.10 bits per heavy atom. The van der Waals surface area contributed by atoms with Gasteiger partial charge in [-0.2, -0.15) is 39.0 Å². The first kappa shape index (κ1) is 106. The number of hydrogen-bond donors (Lipinski definition) is 6. The van der Waals surface area contributed by atoms with Gasteiger partial charge in [-0.05, 0) is 220 Å². The van der Waals surface area contributed by atoms with E-state index in [0.717, 1.165) is 65.5 Å². The Labute approximate surface area is 677 Å². The average molecular weight is 1620 g/mol. The number of anilines is 2. The summed E-state index contributed by atoms with van der Waals surface area (Å²) < 4.78 is 71.9. The Bertz CT molecular complexity index is 3460. The third kappa shape index (κ3) is 48.3. The second-order valence-electron chi connectivity index (χ2n) is 30.6. The van der Waals surface area contributed by atoms with Crippen LogP contribution in [0.1, 0.15) is 234 Å². The molecule has 5 aromatic rings. The number of aliphatic hydroxyl groups excluding tert-OH is 3. The van der Waals surface area contributed by atoms with E-state index in [2.05, 4.69) is 72.6 Å². The molecule has 3 saturated carbocycles. The zero-order chi connectivity index (χ0) is 77.8. The Morgan fingerprint density at radius 3 is 1.45 bits per heavy atom. The van der Waals surface area contributed by atoms with Gasteiger partial charge in [0.25, 0.3) is 0 Å². The van der Waals surface area contributed by atoms with Crippen LogP contribution in [0.15, 0.2) is 114 Å². The minimum Gasteiger partial charge on any atom is -1.00 e. The van der Waals surface area contributed by atoms with E-state index in [1.807, 2.05) is 98.2 Å². The number of benzene rings is 5. The molecule has 15 nitrogen and oxygen atoms in total. The van der Waals surface area contributed by atoms with Crippen LogP contribution in [0.5, 0.6) is 0 Å². The monoisotopic (exact) mass is 1620 g/mol. The minimum absolute atomic E-state index is 0. The van der Waals surface area contributed by atoms with Crippen molar-refractivity contribution in [2.75, 3.05) is 17.3 Å². The zero-order valence-electron chi connectivity index (χ0n) is 67.1. The number of rotatable bonds is 18.